The molecule has 35 heavy (non-hydrogen) atoms. The minimum absolute atomic E-state index is 0.0354. The van der Waals surface area contributed by atoms with Gasteiger partial charge in [-0.2, -0.15) is 0 Å². The van der Waals surface area contributed by atoms with E-state index in [0.29, 0.717) is 43.1 Å². The molecule has 0 unspecified atom stereocenters. The van der Waals surface area contributed by atoms with Gasteiger partial charge in [0.05, 0.1) is 17.7 Å². The van der Waals surface area contributed by atoms with Gasteiger partial charge in [0.2, 0.25) is 5.91 Å². The van der Waals surface area contributed by atoms with Crippen LogP contribution in [0.1, 0.15) is 60.6 Å². The molecule has 2 aromatic heterocycles. The van der Waals surface area contributed by atoms with Gasteiger partial charge in [-0.15, -0.1) is 0 Å². The van der Waals surface area contributed by atoms with E-state index in [1.807, 2.05) is 37.8 Å². The number of carbonyl (C=O) groups is 2. The Kier molecular flexibility index (Phi) is 6.45. The van der Waals surface area contributed by atoms with Crippen molar-refractivity contribution in [2.45, 2.75) is 58.9 Å². The number of carbonyl (C=O) groups excluding carboxylic acids is 2. The molecule has 1 aliphatic carbocycles. The molecule has 1 aromatic carbocycles. The van der Waals surface area contributed by atoms with Gasteiger partial charge in [0, 0.05) is 36.8 Å². The number of hydrogen-bond donors (Lipinski definition) is 2. The number of nitrogens with one attached hydrogen (secondary N) is 2. The fourth-order valence-electron chi connectivity index (χ4n) is 4.80. The second kappa shape index (κ2) is 9.68. The van der Waals surface area contributed by atoms with E-state index >= 15 is 0 Å². The predicted molar refractivity (Wildman–Crippen MR) is 134 cm³/mol. The zero-order valence-electron chi connectivity index (χ0n) is 20.7. The second-order valence-corrected chi connectivity index (χ2v) is 9.81. The summed E-state index contributed by atoms with van der Waals surface area (Å²) in [6.45, 7) is 7.88. The maximum absolute atomic E-state index is 13.3. The van der Waals surface area contributed by atoms with Crippen LogP contribution < -0.4 is 10.1 Å². The van der Waals surface area contributed by atoms with Crippen LogP contribution in [0.4, 0.5) is 0 Å². The van der Waals surface area contributed by atoms with Crippen molar-refractivity contribution < 1.29 is 14.3 Å². The van der Waals surface area contributed by atoms with Gasteiger partial charge in [0.25, 0.3) is 5.91 Å². The minimum atomic E-state index is -0.145. The van der Waals surface area contributed by atoms with Gasteiger partial charge in [-0.05, 0) is 57.6 Å². The van der Waals surface area contributed by atoms with Gasteiger partial charge in [-0.25, -0.2) is 9.97 Å². The Morgan fingerprint density at radius 2 is 1.91 bits per heavy atom. The fourth-order valence-corrected chi connectivity index (χ4v) is 4.80. The van der Waals surface area contributed by atoms with E-state index < -0.39 is 0 Å². The van der Waals surface area contributed by atoms with Crippen LogP contribution in [0.2, 0.25) is 0 Å². The van der Waals surface area contributed by atoms with E-state index in [0.717, 1.165) is 46.6 Å². The van der Waals surface area contributed by atoms with Crippen LogP contribution in [-0.2, 0) is 4.79 Å². The summed E-state index contributed by atoms with van der Waals surface area (Å²) in [5.41, 5.74) is 5.39. The van der Waals surface area contributed by atoms with E-state index in [1.165, 1.54) is 19.2 Å². The summed E-state index contributed by atoms with van der Waals surface area (Å²) in [6, 6.07) is 6.15. The van der Waals surface area contributed by atoms with E-state index in [9.17, 15) is 9.59 Å². The number of likely N-dealkylation sites (tertiary alicyclic amines) is 1. The van der Waals surface area contributed by atoms with Gasteiger partial charge in [-0.1, -0.05) is 18.6 Å². The smallest absolute Gasteiger partial charge is 0.255 e. The lowest BCUT2D eigenvalue weighted by Gasteiger charge is -2.32. The number of aromatic nitrogens is 3. The monoisotopic (exact) mass is 475 g/mol. The highest BCUT2D eigenvalue weighted by molar-refractivity contribution is 6.09. The number of hydrogen-bond acceptors (Lipinski definition) is 5. The van der Waals surface area contributed by atoms with E-state index in [4.69, 9.17) is 4.74 Å². The molecule has 5 rings (SSSR count). The number of amides is 2. The molecule has 184 valence electrons. The Labute approximate surface area is 205 Å². The van der Waals surface area contributed by atoms with Crippen LogP contribution in [0, 0.1) is 19.8 Å². The minimum Gasteiger partial charge on any atom is -0.493 e. The number of rotatable bonds is 7. The van der Waals surface area contributed by atoms with Crippen LogP contribution in [0.3, 0.4) is 0 Å². The number of aryl methyl sites for hydroxylation is 2. The molecule has 2 amide bonds. The molecule has 3 heterocycles. The molecule has 0 bridgehead atoms. The van der Waals surface area contributed by atoms with Crippen molar-refractivity contribution in [2.75, 3.05) is 19.7 Å². The average molecular weight is 476 g/mol. The van der Waals surface area contributed by atoms with E-state index in [-0.39, 0.29) is 17.9 Å². The normalized spacial score (nSPS) is 16.5. The molecular formula is C27H33N5O3. The third kappa shape index (κ3) is 4.88. The van der Waals surface area contributed by atoms with Crippen LogP contribution in [0.5, 0.6) is 5.75 Å². The third-order valence-electron chi connectivity index (χ3n) is 7.05. The molecule has 0 radical (unpaired) electrons. The highest BCUT2D eigenvalue weighted by Gasteiger charge is 2.27. The molecule has 2 aliphatic rings. The van der Waals surface area contributed by atoms with Crippen molar-refractivity contribution in [3.8, 4) is 17.0 Å². The largest absolute Gasteiger partial charge is 0.493 e. The number of benzene rings is 1. The van der Waals surface area contributed by atoms with Crippen LogP contribution in [0.15, 0.2) is 24.5 Å². The SMILES string of the molecule is CCC(=O)N1CCC(NC(=O)c2c(C)[nH]c3c(-c4cc(C)ccc4OCC4CC4)ncnc23)CC1. The third-order valence-corrected chi connectivity index (χ3v) is 7.05. The number of piperidine rings is 1. The van der Waals surface area contributed by atoms with Crippen molar-refractivity contribution in [1.82, 2.24) is 25.2 Å². The molecule has 8 nitrogen and oxygen atoms in total. The van der Waals surface area contributed by atoms with Gasteiger partial charge in [0.1, 0.15) is 23.3 Å². The lowest BCUT2D eigenvalue weighted by Crippen LogP contribution is -2.46. The van der Waals surface area contributed by atoms with Gasteiger partial charge in [-0.3, -0.25) is 9.59 Å². The summed E-state index contributed by atoms with van der Waals surface area (Å²) < 4.78 is 6.16. The first-order valence-electron chi connectivity index (χ1n) is 12.6. The topological polar surface area (TPSA) is 100 Å². The first-order valence-corrected chi connectivity index (χ1v) is 12.6. The number of ether oxygens (including phenoxy) is 1. The predicted octanol–water partition coefficient (Wildman–Crippen LogP) is 4.16. The zero-order chi connectivity index (χ0) is 24.5. The highest BCUT2D eigenvalue weighted by Crippen LogP contribution is 2.37. The summed E-state index contributed by atoms with van der Waals surface area (Å²) >= 11 is 0. The van der Waals surface area contributed by atoms with Crippen molar-refractivity contribution in [2.24, 2.45) is 5.92 Å². The first kappa shape index (κ1) is 23.3. The molecular weight excluding hydrogens is 442 g/mol. The summed E-state index contributed by atoms with van der Waals surface area (Å²) in [6.07, 6.45) is 5.99. The summed E-state index contributed by atoms with van der Waals surface area (Å²) in [5, 5.41) is 3.17. The Morgan fingerprint density at radius 3 is 2.63 bits per heavy atom. The molecule has 1 saturated carbocycles. The molecule has 2 N–H and O–H groups in total. The van der Waals surface area contributed by atoms with Gasteiger partial charge in [0.15, 0.2) is 0 Å². The Hall–Kier alpha value is -3.42. The summed E-state index contributed by atoms with van der Waals surface area (Å²) in [4.78, 5) is 39.6. The first-order chi connectivity index (χ1) is 16.9. The Balaban J connectivity index is 1.41. The Morgan fingerprint density at radius 1 is 1.14 bits per heavy atom. The molecule has 3 aromatic rings. The quantitative estimate of drug-likeness (QED) is 0.534. The van der Waals surface area contributed by atoms with Crippen molar-refractivity contribution in [3.05, 3.63) is 41.3 Å². The average Bonchev–Trinajstić information content (AvgIpc) is 3.62. The lowest BCUT2D eigenvalue weighted by molar-refractivity contribution is -0.131. The Bertz CT molecular complexity index is 1260. The number of fused-ring (bicyclic) bond motifs is 1. The van der Waals surface area contributed by atoms with E-state index in [2.05, 4.69) is 26.3 Å². The second-order valence-electron chi connectivity index (χ2n) is 9.81. The van der Waals surface area contributed by atoms with Crippen molar-refractivity contribution in [1.29, 1.82) is 0 Å². The maximum Gasteiger partial charge on any atom is 0.255 e. The van der Waals surface area contributed by atoms with E-state index in [1.54, 1.807) is 0 Å². The number of H-pyrrole nitrogens is 1. The van der Waals surface area contributed by atoms with Crippen LogP contribution in [0.25, 0.3) is 22.3 Å². The molecule has 8 heteroatoms. The molecule has 0 atom stereocenters. The maximum atomic E-state index is 13.3. The molecule has 1 saturated heterocycles. The highest BCUT2D eigenvalue weighted by atomic mass is 16.5. The summed E-state index contributed by atoms with van der Waals surface area (Å²) in [5.74, 6) is 1.47. The lowest BCUT2D eigenvalue weighted by atomic mass is 10.0. The molecule has 2 fully saturated rings. The summed E-state index contributed by atoms with van der Waals surface area (Å²) in [7, 11) is 0. The van der Waals surface area contributed by atoms with Crippen LogP contribution >= 0.6 is 0 Å². The van der Waals surface area contributed by atoms with Gasteiger partial charge >= 0.3 is 0 Å². The van der Waals surface area contributed by atoms with Crippen LogP contribution in [-0.4, -0.2) is 57.4 Å². The molecule has 0 spiro atoms. The van der Waals surface area contributed by atoms with Crippen molar-refractivity contribution in [3.63, 3.8) is 0 Å². The number of aromatic amines is 1. The standard InChI is InChI=1S/C27H33N5O3/c1-4-22(33)32-11-9-19(10-12-32)31-27(34)23-17(3)30-26-24(28-15-29-25(23)26)20-13-16(2)5-8-21(20)35-14-18-6-7-18/h5,8,13,15,18-19,30H,4,6-7,9-12,14H2,1-3H3,(H,31,34). The fraction of sp³-hybridized carbons (Fsp3) is 0.481. The number of nitrogens with zero attached hydrogens (tertiary/aromatic N) is 3. The molecule has 1 aliphatic heterocycles. The van der Waals surface area contributed by atoms with Crippen molar-refractivity contribution >= 4 is 22.8 Å². The van der Waals surface area contributed by atoms with Gasteiger partial charge < -0.3 is 19.9 Å². The zero-order valence-corrected chi connectivity index (χ0v) is 20.7.